The second kappa shape index (κ2) is 8.12. The Hall–Kier alpha value is -2.36. The Balaban J connectivity index is 1.32. The Kier molecular flexibility index (Phi) is 5.42. The Morgan fingerprint density at radius 1 is 0.963 bits per heavy atom. The number of hydrogen-bond acceptors (Lipinski definition) is 2. The number of carbonyl (C=O) groups excluding carboxylic acids is 1. The van der Waals surface area contributed by atoms with Crippen molar-refractivity contribution >= 4 is 34.0 Å². The van der Waals surface area contributed by atoms with Gasteiger partial charge in [0.1, 0.15) is 0 Å². The van der Waals surface area contributed by atoms with Crippen molar-refractivity contribution in [2.75, 3.05) is 18.4 Å². The summed E-state index contributed by atoms with van der Waals surface area (Å²) in [5.41, 5.74) is 2.10. The van der Waals surface area contributed by atoms with E-state index in [2.05, 4.69) is 34.5 Å². The predicted molar refractivity (Wildman–Crippen MR) is 112 cm³/mol. The van der Waals surface area contributed by atoms with Gasteiger partial charge in [-0.15, -0.1) is 0 Å². The van der Waals surface area contributed by atoms with E-state index in [1.54, 1.807) is 0 Å². The van der Waals surface area contributed by atoms with Crippen LogP contribution in [-0.2, 0) is 11.3 Å². The number of halogens is 1. The molecule has 3 nitrogen and oxygen atoms in total. The van der Waals surface area contributed by atoms with Crippen LogP contribution in [0.4, 0.5) is 5.69 Å². The van der Waals surface area contributed by atoms with Gasteiger partial charge in [-0.2, -0.15) is 0 Å². The van der Waals surface area contributed by atoms with Gasteiger partial charge >= 0.3 is 0 Å². The van der Waals surface area contributed by atoms with Gasteiger partial charge in [0.15, 0.2) is 0 Å². The molecule has 27 heavy (non-hydrogen) atoms. The second-order valence-electron chi connectivity index (χ2n) is 7.23. The van der Waals surface area contributed by atoms with Crippen LogP contribution < -0.4 is 5.32 Å². The highest BCUT2D eigenvalue weighted by Gasteiger charge is 2.25. The van der Waals surface area contributed by atoms with Crippen LogP contribution in [0, 0.1) is 5.92 Å². The molecule has 1 fully saturated rings. The largest absolute Gasteiger partial charge is 0.326 e. The number of hydrogen-bond donors (Lipinski definition) is 1. The number of benzene rings is 3. The summed E-state index contributed by atoms with van der Waals surface area (Å²) in [4.78, 5) is 15.1. The molecule has 0 radical (unpaired) electrons. The monoisotopic (exact) mass is 378 g/mol. The third-order valence-corrected chi connectivity index (χ3v) is 5.51. The van der Waals surface area contributed by atoms with E-state index >= 15 is 0 Å². The standard InChI is InChI=1S/C23H23ClN2O/c24-21-7-3-4-17(14-21)16-26-12-10-19(11-13-26)23(27)25-22-9-8-18-5-1-2-6-20(18)15-22/h1-9,14-15,19H,10-13,16H2,(H,25,27). The molecule has 0 aromatic heterocycles. The molecule has 0 bridgehead atoms. The average molecular weight is 379 g/mol. The first kappa shape index (κ1) is 18.0. The summed E-state index contributed by atoms with van der Waals surface area (Å²) in [6, 6.07) is 22.3. The van der Waals surface area contributed by atoms with Crippen LogP contribution in [0.1, 0.15) is 18.4 Å². The van der Waals surface area contributed by atoms with Crippen LogP contribution in [-0.4, -0.2) is 23.9 Å². The number of anilines is 1. The van der Waals surface area contributed by atoms with Gasteiger partial charge in [0, 0.05) is 23.2 Å². The summed E-state index contributed by atoms with van der Waals surface area (Å²) in [5.74, 6) is 0.208. The van der Waals surface area contributed by atoms with E-state index < -0.39 is 0 Å². The predicted octanol–water partition coefficient (Wildman–Crippen LogP) is 5.34. The van der Waals surface area contributed by atoms with Crippen molar-refractivity contribution in [2.45, 2.75) is 19.4 Å². The molecule has 0 unspecified atom stereocenters. The Labute approximate surface area is 164 Å². The fraction of sp³-hybridized carbons (Fsp3) is 0.261. The highest BCUT2D eigenvalue weighted by molar-refractivity contribution is 6.30. The summed E-state index contributed by atoms with van der Waals surface area (Å²) in [6.07, 6.45) is 1.78. The normalized spacial score (nSPS) is 15.7. The van der Waals surface area contributed by atoms with E-state index in [0.29, 0.717) is 0 Å². The van der Waals surface area contributed by atoms with E-state index in [1.807, 2.05) is 42.5 Å². The first-order valence-corrected chi connectivity index (χ1v) is 9.82. The number of nitrogens with zero attached hydrogens (tertiary/aromatic N) is 1. The fourth-order valence-corrected chi connectivity index (χ4v) is 3.97. The van der Waals surface area contributed by atoms with Gasteiger partial charge in [-0.3, -0.25) is 9.69 Å². The minimum Gasteiger partial charge on any atom is -0.326 e. The SMILES string of the molecule is O=C(Nc1ccc2ccccc2c1)C1CCN(Cc2cccc(Cl)c2)CC1. The van der Waals surface area contributed by atoms with Gasteiger partial charge in [0.25, 0.3) is 0 Å². The van der Waals surface area contributed by atoms with Crippen LogP contribution in [0.5, 0.6) is 0 Å². The topological polar surface area (TPSA) is 32.3 Å². The number of rotatable bonds is 4. The lowest BCUT2D eigenvalue weighted by Crippen LogP contribution is -2.37. The molecule has 4 rings (SSSR count). The van der Waals surface area contributed by atoms with Crippen LogP contribution in [0.15, 0.2) is 66.7 Å². The Morgan fingerprint density at radius 3 is 2.52 bits per heavy atom. The lowest BCUT2D eigenvalue weighted by atomic mass is 9.95. The van der Waals surface area contributed by atoms with Crippen molar-refractivity contribution in [3.63, 3.8) is 0 Å². The first-order chi connectivity index (χ1) is 13.2. The molecule has 138 valence electrons. The third kappa shape index (κ3) is 4.49. The summed E-state index contributed by atoms with van der Waals surface area (Å²) < 4.78 is 0. The molecule has 0 spiro atoms. The molecular weight excluding hydrogens is 356 g/mol. The Bertz CT molecular complexity index is 948. The van der Waals surface area contributed by atoms with Crippen molar-refractivity contribution in [1.82, 2.24) is 4.90 Å². The van der Waals surface area contributed by atoms with Crippen molar-refractivity contribution in [2.24, 2.45) is 5.92 Å². The van der Waals surface area contributed by atoms with Gasteiger partial charge in [-0.25, -0.2) is 0 Å². The number of nitrogens with one attached hydrogen (secondary N) is 1. The van der Waals surface area contributed by atoms with E-state index in [1.165, 1.54) is 10.9 Å². The van der Waals surface area contributed by atoms with Gasteiger partial charge in [-0.05, 0) is 66.5 Å². The molecule has 1 N–H and O–H groups in total. The van der Waals surface area contributed by atoms with Crippen molar-refractivity contribution in [3.05, 3.63) is 77.3 Å². The van der Waals surface area contributed by atoms with Gasteiger partial charge < -0.3 is 5.32 Å². The van der Waals surface area contributed by atoms with Gasteiger partial charge in [0.05, 0.1) is 0 Å². The van der Waals surface area contributed by atoms with Crippen molar-refractivity contribution in [3.8, 4) is 0 Å². The fourth-order valence-electron chi connectivity index (χ4n) is 3.76. The summed E-state index contributed by atoms with van der Waals surface area (Å²) in [7, 11) is 0. The maximum atomic E-state index is 12.7. The minimum absolute atomic E-state index is 0.0760. The molecular formula is C23H23ClN2O. The number of carbonyl (C=O) groups is 1. The number of amides is 1. The smallest absolute Gasteiger partial charge is 0.227 e. The molecule has 1 heterocycles. The van der Waals surface area contributed by atoms with Gasteiger partial charge in [-0.1, -0.05) is 54.1 Å². The van der Waals surface area contributed by atoms with Crippen LogP contribution in [0.25, 0.3) is 10.8 Å². The molecule has 0 saturated carbocycles. The lowest BCUT2D eigenvalue weighted by molar-refractivity contribution is -0.121. The highest BCUT2D eigenvalue weighted by atomic mass is 35.5. The molecule has 3 aromatic rings. The maximum Gasteiger partial charge on any atom is 0.227 e. The van der Waals surface area contributed by atoms with E-state index in [4.69, 9.17) is 11.6 Å². The number of likely N-dealkylation sites (tertiary alicyclic amines) is 1. The first-order valence-electron chi connectivity index (χ1n) is 9.44. The zero-order chi connectivity index (χ0) is 18.6. The van der Waals surface area contributed by atoms with E-state index in [-0.39, 0.29) is 11.8 Å². The van der Waals surface area contributed by atoms with Gasteiger partial charge in [0.2, 0.25) is 5.91 Å². The zero-order valence-electron chi connectivity index (χ0n) is 15.2. The summed E-state index contributed by atoms with van der Waals surface area (Å²) in [6.45, 7) is 2.75. The Morgan fingerprint density at radius 2 is 1.74 bits per heavy atom. The average Bonchev–Trinajstić information content (AvgIpc) is 2.68. The second-order valence-corrected chi connectivity index (χ2v) is 7.67. The van der Waals surface area contributed by atoms with Crippen LogP contribution in [0.3, 0.4) is 0 Å². The van der Waals surface area contributed by atoms with Crippen molar-refractivity contribution in [1.29, 1.82) is 0 Å². The molecule has 1 aliphatic rings. The van der Waals surface area contributed by atoms with Crippen LogP contribution >= 0.6 is 11.6 Å². The highest BCUT2D eigenvalue weighted by Crippen LogP contribution is 2.23. The molecule has 1 saturated heterocycles. The number of piperidine rings is 1. The molecule has 1 amide bonds. The lowest BCUT2D eigenvalue weighted by Gasteiger charge is -2.31. The molecule has 4 heteroatoms. The molecule has 0 atom stereocenters. The van der Waals surface area contributed by atoms with E-state index in [0.717, 1.165) is 48.6 Å². The maximum absolute atomic E-state index is 12.7. The van der Waals surface area contributed by atoms with Crippen LogP contribution in [0.2, 0.25) is 5.02 Å². The van der Waals surface area contributed by atoms with E-state index in [9.17, 15) is 4.79 Å². The zero-order valence-corrected chi connectivity index (χ0v) is 16.0. The quantitative estimate of drug-likeness (QED) is 0.664. The minimum atomic E-state index is 0.0760. The summed E-state index contributed by atoms with van der Waals surface area (Å²) >= 11 is 6.07. The molecule has 3 aromatic carbocycles. The summed E-state index contributed by atoms with van der Waals surface area (Å²) in [5, 5.41) is 6.21. The third-order valence-electron chi connectivity index (χ3n) is 5.27. The molecule has 1 aliphatic heterocycles. The van der Waals surface area contributed by atoms with Crippen molar-refractivity contribution < 1.29 is 4.79 Å². The number of fused-ring (bicyclic) bond motifs is 1. The molecule has 0 aliphatic carbocycles.